The first-order valence-electron chi connectivity index (χ1n) is 11.4. The Bertz CT molecular complexity index is 1090. The quantitative estimate of drug-likeness (QED) is 0.453. The minimum Gasteiger partial charge on any atom is -0.362 e. The van der Waals surface area contributed by atoms with Crippen LogP contribution in [0.25, 0.3) is 10.9 Å². The van der Waals surface area contributed by atoms with Gasteiger partial charge >= 0.3 is 0 Å². The number of para-hydroxylation sites is 1. The molecule has 1 fully saturated rings. The van der Waals surface area contributed by atoms with E-state index in [1.165, 1.54) is 25.7 Å². The minimum absolute atomic E-state index is 0.133. The van der Waals surface area contributed by atoms with Crippen LogP contribution in [0.1, 0.15) is 48.8 Å². The molecule has 0 saturated heterocycles. The van der Waals surface area contributed by atoms with Crippen LogP contribution in [-0.2, 0) is 0 Å². The van der Waals surface area contributed by atoms with Crippen molar-refractivity contribution in [2.75, 3.05) is 25.5 Å². The van der Waals surface area contributed by atoms with Gasteiger partial charge in [-0.3, -0.25) is 4.79 Å². The molecule has 1 aliphatic rings. The molecule has 1 amide bonds. The van der Waals surface area contributed by atoms with Crippen LogP contribution in [0.3, 0.4) is 0 Å². The number of nitrogens with one attached hydrogen (secondary N) is 1. The summed E-state index contributed by atoms with van der Waals surface area (Å²) in [4.78, 5) is 22.9. The van der Waals surface area contributed by atoms with Crippen molar-refractivity contribution < 1.29 is 4.79 Å². The van der Waals surface area contributed by atoms with Gasteiger partial charge in [-0.05, 0) is 55.9 Å². The molecule has 2 aromatic carbocycles. The highest BCUT2D eigenvalue weighted by molar-refractivity contribution is 6.43. The van der Waals surface area contributed by atoms with Gasteiger partial charge in [0.25, 0.3) is 5.91 Å². The molecule has 7 heteroatoms. The van der Waals surface area contributed by atoms with Gasteiger partial charge in [-0.25, -0.2) is 9.97 Å². The van der Waals surface area contributed by atoms with E-state index in [0.29, 0.717) is 21.5 Å². The monoisotopic (exact) mass is 486 g/mol. The Balaban J connectivity index is 0.000000194. The van der Waals surface area contributed by atoms with E-state index in [2.05, 4.69) is 22.2 Å². The van der Waals surface area contributed by atoms with Crippen LogP contribution in [0, 0.1) is 18.8 Å². The molecule has 4 rings (SSSR count). The van der Waals surface area contributed by atoms with Gasteiger partial charge in [0.1, 0.15) is 11.6 Å². The smallest absolute Gasteiger partial charge is 0.252 e. The van der Waals surface area contributed by atoms with Crippen molar-refractivity contribution in [3.8, 4) is 0 Å². The number of carbonyl (C=O) groups excluding carboxylic acids is 1. The Kier molecular flexibility index (Phi) is 8.93. The summed E-state index contributed by atoms with van der Waals surface area (Å²) in [6, 6.07) is 13.2. The van der Waals surface area contributed by atoms with Crippen molar-refractivity contribution in [2.24, 2.45) is 11.8 Å². The lowest BCUT2D eigenvalue weighted by Gasteiger charge is -2.26. The number of carbonyl (C=O) groups is 1. The van der Waals surface area contributed by atoms with E-state index in [1.54, 1.807) is 18.2 Å². The normalized spacial score (nSPS) is 17.8. The summed E-state index contributed by atoms with van der Waals surface area (Å²) >= 11 is 11.9. The first-order chi connectivity index (χ1) is 15.8. The van der Waals surface area contributed by atoms with Crippen LogP contribution < -0.4 is 10.2 Å². The summed E-state index contributed by atoms with van der Waals surface area (Å²) in [5, 5.41) is 4.82. The Morgan fingerprint density at radius 1 is 1.03 bits per heavy atom. The highest BCUT2D eigenvalue weighted by Gasteiger charge is 2.19. The van der Waals surface area contributed by atoms with Crippen LogP contribution in [0.15, 0.2) is 42.5 Å². The number of fused-ring (bicyclic) bond motifs is 1. The second kappa shape index (κ2) is 11.7. The van der Waals surface area contributed by atoms with Gasteiger partial charge in [0.05, 0.1) is 21.1 Å². The number of aryl methyl sites for hydroxylation is 1. The molecule has 0 bridgehead atoms. The molecule has 0 aliphatic heterocycles. The SMILES string of the molecule is CC1CCC(CNC(=O)c2cccc(Cl)c2Cl)CC1.Cc1nc(N(C)C)c2ccccc2n1. The fraction of sp³-hybridized carbons (Fsp3) is 0.423. The third-order valence-electron chi connectivity index (χ3n) is 6.00. The maximum absolute atomic E-state index is 12.1. The molecular weight excluding hydrogens is 455 g/mol. The number of nitrogens with zero attached hydrogens (tertiary/aromatic N) is 3. The minimum atomic E-state index is -0.133. The molecule has 1 aliphatic carbocycles. The second-order valence-electron chi connectivity index (χ2n) is 8.94. The predicted octanol–water partition coefficient (Wildman–Crippen LogP) is 6.55. The summed E-state index contributed by atoms with van der Waals surface area (Å²) in [6.07, 6.45) is 4.92. The van der Waals surface area contributed by atoms with E-state index in [4.69, 9.17) is 23.2 Å². The van der Waals surface area contributed by atoms with Crippen LogP contribution in [0.5, 0.6) is 0 Å². The molecule has 0 spiro atoms. The van der Waals surface area contributed by atoms with Crippen LogP contribution >= 0.6 is 23.2 Å². The summed E-state index contributed by atoms with van der Waals surface area (Å²) in [5.41, 5.74) is 1.46. The first-order valence-corrected chi connectivity index (χ1v) is 12.1. The summed E-state index contributed by atoms with van der Waals surface area (Å²) in [7, 11) is 3.99. The van der Waals surface area contributed by atoms with E-state index >= 15 is 0 Å². The number of benzene rings is 2. The number of hydrogen-bond acceptors (Lipinski definition) is 4. The lowest BCUT2D eigenvalue weighted by molar-refractivity contribution is 0.0942. The lowest BCUT2D eigenvalue weighted by Crippen LogP contribution is -2.31. The Morgan fingerprint density at radius 2 is 1.73 bits per heavy atom. The Morgan fingerprint density at radius 3 is 2.42 bits per heavy atom. The van der Waals surface area contributed by atoms with Gasteiger partial charge in [0.2, 0.25) is 0 Å². The number of amides is 1. The highest BCUT2D eigenvalue weighted by Crippen LogP contribution is 2.28. The predicted molar refractivity (Wildman–Crippen MR) is 139 cm³/mol. The molecule has 0 radical (unpaired) electrons. The van der Waals surface area contributed by atoms with Gasteiger partial charge < -0.3 is 10.2 Å². The van der Waals surface area contributed by atoms with Crippen molar-refractivity contribution in [1.29, 1.82) is 0 Å². The number of halogens is 2. The fourth-order valence-corrected chi connectivity index (χ4v) is 4.44. The standard InChI is InChI=1S/C15H19Cl2NO.C11H13N3/c1-10-5-7-11(8-6-10)9-18-15(19)12-3-2-4-13(16)14(12)17;1-8-12-10-7-5-4-6-9(10)11(13-8)14(2)3/h2-4,10-11H,5-9H2,1H3,(H,18,19);4-7H,1-3H3. The molecule has 1 aromatic heterocycles. The molecule has 3 aromatic rings. The third-order valence-corrected chi connectivity index (χ3v) is 6.82. The molecule has 1 N–H and O–H groups in total. The van der Waals surface area contributed by atoms with Gasteiger partial charge in [-0.1, -0.05) is 61.2 Å². The van der Waals surface area contributed by atoms with Crippen molar-refractivity contribution in [1.82, 2.24) is 15.3 Å². The van der Waals surface area contributed by atoms with Crippen molar-refractivity contribution >= 4 is 45.8 Å². The van der Waals surface area contributed by atoms with E-state index in [0.717, 1.165) is 35.0 Å². The summed E-state index contributed by atoms with van der Waals surface area (Å²) in [5.74, 6) is 3.08. The molecule has 0 unspecified atom stereocenters. The molecule has 176 valence electrons. The third kappa shape index (κ3) is 6.81. The average molecular weight is 487 g/mol. The molecule has 33 heavy (non-hydrogen) atoms. The van der Waals surface area contributed by atoms with E-state index in [-0.39, 0.29) is 5.91 Å². The molecule has 5 nitrogen and oxygen atoms in total. The molecular formula is C26H32Cl2N4O. The maximum Gasteiger partial charge on any atom is 0.252 e. The van der Waals surface area contributed by atoms with Crippen LogP contribution in [0.4, 0.5) is 5.82 Å². The number of aromatic nitrogens is 2. The van der Waals surface area contributed by atoms with Gasteiger partial charge in [0, 0.05) is 26.0 Å². The van der Waals surface area contributed by atoms with E-state index in [9.17, 15) is 4.79 Å². The van der Waals surface area contributed by atoms with Crippen LogP contribution in [-0.4, -0.2) is 36.5 Å². The van der Waals surface area contributed by atoms with Gasteiger partial charge in [-0.2, -0.15) is 0 Å². The zero-order valence-electron chi connectivity index (χ0n) is 19.7. The second-order valence-corrected chi connectivity index (χ2v) is 9.73. The maximum atomic E-state index is 12.1. The topological polar surface area (TPSA) is 58.1 Å². The fourth-order valence-electron chi connectivity index (χ4n) is 4.06. The molecule has 0 atom stereocenters. The van der Waals surface area contributed by atoms with Gasteiger partial charge in [-0.15, -0.1) is 0 Å². The molecule has 1 heterocycles. The van der Waals surface area contributed by atoms with Gasteiger partial charge in [0.15, 0.2) is 0 Å². The number of anilines is 1. The van der Waals surface area contributed by atoms with Crippen molar-refractivity contribution in [3.63, 3.8) is 0 Å². The average Bonchev–Trinajstić information content (AvgIpc) is 2.80. The Hall–Kier alpha value is -2.37. The van der Waals surface area contributed by atoms with E-state index < -0.39 is 0 Å². The van der Waals surface area contributed by atoms with Crippen molar-refractivity contribution in [3.05, 3.63) is 63.9 Å². The lowest BCUT2D eigenvalue weighted by atomic mass is 9.83. The van der Waals surface area contributed by atoms with E-state index in [1.807, 2.05) is 50.2 Å². The molecule has 1 saturated carbocycles. The Labute approximate surface area is 206 Å². The van der Waals surface area contributed by atoms with Crippen LogP contribution in [0.2, 0.25) is 10.0 Å². The van der Waals surface area contributed by atoms with Crippen molar-refractivity contribution in [2.45, 2.75) is 39.5 Å². The summed E-state index contributed by atoms with van der Waals surface area (Å²) in [6.45, 7) is 4.94. The highest BCUT2D eigenvalue weighted by atomic mass is 35.5. The largest absolute Gasteiger partial charge is 0.362 e. The number of hydrogen-bond donors (Lipinski definition) is 1. The zero-order valence-corrected chi connectivity index (χ0v) is 21.2. The zero-order chi connectivity index (χ0) is 24.0. The summed E-state index contributed by atoms with van der Waals surface area (Å²) < 4.78 is 0. The first kappa shape index (κ1) is 25.3. The number of rotatable bonds is 4.